The van der Waals surface area contributed by atoms with E-state index in [0.29, 0.717) is 40.2 Å². The van der Waals surface area contributed by atoms with Crippen LogP contribution in [0.2, 0.25) is 5.02 Å². The number of benzene rings is 1. The minimum atomic E-state index is -0.511. The van der Waals surface area contributed by atoms with Gasteiger partial charge in [-0.25, -0.2) is 9.78 Å². The highest BCUT2D eigenvalue weighted by molar-refractivity contribution is 7.17. The number of esters is 1. The number of thiazole rings is 1. The van der Waals surface area contributed by atoms with E-state index in [4.69, 9.17) is 21.4 Å². The Bertz CT molecular complexity index is 839. The largest absolute Gasteiger partial charge is 0.465 e. The average Bonchev–Trinajstić information content (AvgIpc) is 3.01. The molecule has 1 aromatic heterocycles. The van der Waals surface area contributed by atoms with Gasteiger partial charge in [-0.3, -0.25) is 4.79 Å². The van der Waals surface area contributed by atoms with Crippen LogP contribution in [-0.2, 0) is 4.74 Å². The van der Waals surface area contributed by atoms with Gasteiger partial charge in [-0.05, 0) is 24.1 Å². The number of nitrogens with one attached hydrogen (secondary N) is 2. The van der Waals surface area contributed by atoms with Gasteiger partial charge in [-0.15, -0.1) is 0 Å². The van der Waals surface area contributed by atoms with Crippen molar-refractivity contribution in [1.29, 1.82) is 0 Å². The molecule has 0 bridgehead atoms. The third-order valence-electron chi connectivity index (χ3n) is 4.09. The van der Waals surface area contributed by atoms with Gasteiger partial charge in [0.15, 0.2) is 5.13 Å². The van der Waals surface area contributed by atoms with Crippen LogP contribution in [0.5, 0.6) is 0 Å². The zero-order valence-electron chi connectivity index (χ0n) is 14.0. The van der Waals surface area contributed by atoms with Crippen LogP contribution in [0, 0.1) is 0 Å². The molecule has 0 saturated heterocycles. The Hall–Kier alpha value is -2.16. The van der Waals surface area contributed by atoms with Gasteiger partial charge < -0.3 is 20.5 Å². The van der Waals surface area contributed by atoms with Crippen molar-refractivity contribution < 1.29 is 19.4 Å². The summed E-state index contributed by atoms with van der Waals surface area (Å²) in [7, 11) is 1.30. The van der Waals surface area contributed by atoms with Gasteiger partial charge in [0.25, 0.3) is 5.91 Å². The van der Waals surface area contributed by atoms with Gasteiger partial charge in [-0.1, -0.05) is 29.0 Å². The summed E-state index contributed by atoms with van der Waals surface area (Å²) in [4.78, 5) is 29.4. The molecule has 1 aliphatic rings. The monoisotopic (exact) mass is 395 g/mol. The van der Waals surface area contributed by atoms with Gasteiger partial charge in [0, 0.05) is 19.0 Å². The molecule has 1 aliphatic heterocycles. The molecule has 26 heavy (non-hydrogen) atoms. The van der Waals surface area contributed by atoms with Crippen LogP contribution in [0.25, 0.3) is 0 Å². The number of aliphatic hydroxyl groups is 1. The summed E-state index contributed by atoms with van der Waals surface area (Å²) in [6.45, 7) is 0.827. The first-order valence-electron chi connectivity index (χ1n) is 8.06. The third kappa shape index (κ3) is 3.67. The van der Waals surface area contributed by atoms with Gasteiger partial charge in [0.2, 0.25) is 0 Å². The van der Waals surface area contributed by atoms with Crippen molar-refractivity contribution in [3.8, 4) is 0 Å². The van der Waals surface area contributed by atoms with E-state index in [1.165, 1.54) is 18.4 Å². The highest BCUT2D eigenvalue weighted by Gasteiger charge is 2.29. The Balaban J connectivity index is 2.03. The van der Waals surface area contributed by atoms with E-state index in [9.17, 15) is 9.59 Å². The number of hydrogen-bond donors (Lipinski definition) is 3. The van der Waals surface area contributed by atoms with Crippen LogP contribution < -0.4 is 10.6 Å². The Kier molecular flexibility index (Phi) is 5.75. The molecule has 7 nitrogen and oxygen atoms in total. The summed E-state index contributed by atoms with van der Waals surface area (Å²) in [5, 5.41) is 15.7. The highest BCUT2D eigenvalue weighted by atomic mass is 35.5. The molecule has 0 saturated carbocycles. The summed E-state index contributed by atoms with van der Waals surface area (Å²) < 4.78 is 4.78. The number of fused-ring (bicyclic) bond motifs is 1. The van der Waals surface area contributed by atoms with Crippen molar-refractivity contribution in [2.45, 2.75) is 12.3 Å². The van der Waals surface area contributed by atoms with Gasteiger partial charge in [0.1, 0.15) is 4.88 Å². The SMILES string of the molecule is COC(=O)c1cc(C2CCNC(=O)c3sc(NCCO)nc32)ccc1Cl. The minimum absolute atomic E-state index is 0.0282. The fraction of sp³-hybridized carbons (Fsp3) is 0.353. The van der Waals surface area contributed by atoms with E-state index in [1.807, 2.05) is 6.07 Å². The van der Waals surface area contributed by atoms with Crippen LogP contribution in [-0.4, -0.2) is 48.8 Å². The Morgan fingerprint density at radius 2 is 2.35 bits per heavy atom. The lowest BCUT2D eigenvalue weighted by Crippen LogP contribution is -2.21. The van der Waals surface area contributed by atoms with Crippen molar-refractivity contribution >= 4 is 39.9 Å². The number of anilines is 1. The van der Waals surface area contributed by atoms with Crippen molar-refractivity contribution in [2.24, 2.45) is 0 Å². The van der Waals surface area contributed by atoms with E-state index in [1.54, 1.807) is 12.1 Å². The van der Waals surface area contributed by atoms with Gasteiger partial charge in [0.05, 0.1) is 30.0 Å². The number of nitrogens with zero attached hydrogens (tertiary/aromatic N) is 1. The maximum atomic E-state index is 12.3. The molecule has 0 aliphatic carbocycles. The van der Waals surface area contributed by atoms with Crippen LogP contribution >= 0.6 is 22.9 Å². The fourth-order valence-electron chi connectivity index (χ4n) is 2.87. The fourth-order valence-corrected chi connectivity index (χ4v) is 4.03. The number of amides is 1. The van der Waals surface area contributed by atoms with E-state index in [-0.39, 0.29) is 24.0 Å². The summed E-state index contributed by atoms with van der Waals surface area (Å²) >= 11 is 7.36. The van der Waals surface area contributed by atoms with Gasteiger partial charge in [-0.2, -0.15) is 0 Å². The number of carbonyl (C=O) groups excluding carboxylic acids is 2. The number of hydrogen-bond acceptors (Lipinski definition) is 7. The zero-order chi connectivity index (χ0) is 18.7. The number of aromatic nitrogens is 1. The lowest BCUT2D eigenvalue weighted by molar-refractivity contribution is 0.0600. The second-order valence-corrected chi connectivity index (χ2v) is 7.12. The summed E-state index contributed by atoms with van der Waals surface area (Å²) in [5.74, 6) is -0.840. The Labute approximate surface area is 159 Å². The third-order valence-corrected chi connectivity index (χ3v) is 5.45. The molecule has 2 heterocycles. The number of ether oxygens (including phenoxy) is 1. The predicted molar refractivity (Wildman–Crippen MR) is 99.3 cm³/mol. The maximum Gasteiger partial charge on any atom is 0.339 e. The second-order valence-electron chi connectivity index (χ2n) is 5.71. The summed E-state index contributed by atoms with van der Waals surface area (Å²) in [6.07, 6.45) is 0.643. The Morgan fingerprint density at radius 1 is 1.54 bits per heavy atom. The number of carbonyl (C=O) groups is 2. The molecule has 2 aromatic rings. The quantitative estimate of drug-likeness (QED) is 0.671. The molecular weight excluding hydrogens is 378 g/mol. The molecule has 3 rings (SSSR count). The first-order chi connectivity index (χ1) is 12.5. The lowest BCUT2D eigenvalue weighted by Gasteiger charge is -2.15. The molecule has 1 unspecified atom stereocenters. The standard InChI is InChI=1S/C17H18ClN3O4S/c1-25-16(24)11-8-9(2-3-12(11)18)10-4-5-19-15(23)14-13(10)21-17(26-14)20-6-7-22/h2-3,8,10,22H,4-7H2,1H3,(H,19,23)(H,20,21). The van der Waals surface area contributed by atoms with E-state index >= 15 is 0 Å². The first-order valence-corrected chi connectivity index (χ1v) is 9.26. The smallest absolute Gasteiger partial charge is 0.339 e. The first kappa shape index (κ1) is 18.6. The molecule has 1 aromatic carbocycles. The number of rotatable bonds is 5. The zero-order valence-corrected chi connectivity index (χ0v) is 15.6. The van der Waals surface area contributed by atoms with Crippen molar-refractivity contribution in [2.75, 3.05) is 32.1 Å². The minimum Gasteiger partial charge on any atom is -0.465 e. The van der Waals surface area contributed by atoms with Crippen LogP contribution in [0.3, 0.4) is 0 Å². The van der Waals surface area contributed by atoms with Crippen molar-refractivity contribution in [3.63, 3.8) is 0 Å². The van der Waals surface area contributed by atoms with Crippen LogP contribution in [0.4, 0.5) is 5.13 Å². The molecule has 0 radical (unpaired) electrons. The van der Waals surface area contributed by atoms with Crippen molar-refractivity contribution in [1.82, 2.24) is 10.3 Å². The van der Waals surface area contributed by atoms with Crippen LogP contribution in [0.15, 0.2) is 18.2 Å². The molecule has 3 N–H and O–H groups in total. The molecule has 0 fully saturated rings. The van der Waals surface area contributed by atoms with Crippen molar-refractivity contribution in [3.05, 3.63) is 44.9 Å². The topological polar surface area (TPSA) is 101 Å². The predicted octanol–water partition coefficient (Wildman–Crippen LogP) is 2.25. The van der Waals surface area contributed by atoms with Gasteiger partial charge >= 0.3 is 5.97 Å². The normalized spacial score (nSPS) is 16.4. The van der Waals surface area contributed by atoms with Crippen LogP contribution in [0.1, 0.15) is 43.6 Å². The molecule has 138 valence electrons. The number of aliphatic hydroxyl groups excluding tert-OH is 1. The molecular formula is C17H18ClN3O4S. The molecule has 0 spiro atoms. The van der Waals surface area contributed by atoms with E-state index in [0.717, 1.165) is 5.56 Å². The summed E-state index contributed by atoms with van der Waals surface area (Å²) in [5.41, 5.74) is 1.78. The highest BCUT2D eigenvalue weighted by Crippen LogP contribution is 2.37. The second kappa shape index (κ2) is 8.03. The molecule has 1 amide bonds. The summed E-state index contributed by atoms with van der Waals surface area (Å²) in [6, 6.07) is 5.18. The number of halogens is 1. The average molecular weight is 396 g/mol. The van der Waals surface area contributed by atoms with E-state index < -0.39 is 5.97 Å². The Morgan fingerprint density at radius 3 is 3.08 bits per heavy atom. The molecule has 1 atom stereocenters. The van der Waals surface area contributed by atoms with E-state index in [2.05, 4.69) is 15.6 Å². The number of methoxy groups -OCH3 is 1. The lowest BCUT2D eigenvalue weighted by atomic mass is 9.91. The molecule has 9 heteroatoms. The maximum absolute atomic E-state index is 12.3.